The van der Waals surface area contributed by atoms with Gasteiger partial charge in [0.25, 0.3) is 5.91 Å². The minimum absolute atomic E-state index is 0.224. The van der Waals surface area contributed by atoms with Crippen LogP contribution in [0.2, 0.25) is 0 Å². The van der Waals surface area contributed by atoms with Crippen LogP contribution in [0.1, 0.15) is 23.9 Å². The van der Waals surface area contributed by atoms with E-state index in [-0.39, 0.29) is 11.7 Å². The first-order valence-electron chi connectivity index (χ1n) is 11.9. The van der Waals surface area contributed by atoms with E-state index in [0.29, 0.717) is 23.2 Å². The maximum atomic E-state index is 12.8. The van der Waals surface area contributed by atoms with Crippen LogP contribution >= 0.6 is 0 Å². The van der Waals surface area contributed by atoms with Gasteiger partial charge >= 0.3 is 0 Å². The number of anilines is 2. The van der Waals surface area contributed by atoms with Crippen molar-refractivity contribution in [3.8, 4) is 34.3 Å². The summed E-state index contributed by atoms with van der Waals surface area (Å²) in [4.78, 5) is 26.1. The summed E-state index contributed by atoms with van der Waals surface area (Å²) in [5.74, 6) is 3.27. The predicted molar refractivity (Wildman–Crippen MR) is 142 cm³/mol. The molecule has 37 heavy (non-hydrogen) atoms. The van der Waals surface area contributed by atoms with E-state index in [2.05, 4.69) is 32.5 Å². The van der Waals surface area contributed by atoms with Gasteiger partial charge in [0, 0.05) is 41.9 Å². The number of furan rings is 1. The van der Waals surface area contributed by atoms with Gasteiger partial charge < -0.3 is 19.8 Å². The quantitative estimate of drug-likeness (QED) is 0.272. The largest absolute Gasteiger partial charge is 0.497 e. The highest BCUT2D eigenvalue weighted by Crippen LogP contribution is 2.26. The predicted octanol–water partition coefficient (Wildman–Crippen LogP) is 5.67. The number of rotatable bonds is 9. The molecule has 0 aliphatic carbocycles. The summed E-state index contributed by atoms with van der Waals surface area (Å²) < 4.78 is 12.9. The second-order valence-corrected chi connectivity index (χ2v) is 8.21. The lowest BCUT2D eigenvalue weighted by molar-refractivity contribution is 0.0997. The second kappa shape index (κ2) is 10.8. The molecule has 0 aliphatic rings. The Kier molecular flexibility index (Phi) is 6.93. The molecule has 0 bridgehead atoms. The number of carbonyl (C=O) groups excluding carboxylic acids is 1. The van der Waals surface area contributed by atoms with Crippen molar-refractivity contribution in [2.75, 3.05) is 24.3 Å². The fourth-order valence-corrected chi connectivity index (χ4v) is 3.77. The number of ether oxygens (including phenoxy) is 1. The summed E-state index contributed by atoms with van der Waals surface area (Å²) in [6.07, 6.45) is 6.28. The molecule has 0 saturated heterocycles. The molecular weight excluding hydrogens is 468 g/mol. The van der Waals surface area contributed by atoms with Crippen molar-refractivity contribution in [2.24, 2.45) is 0 Å². The average Bonchev–Trinajstić information content (AvgIpc) is 3.63. The first kappa shape index (κ1) is 23.8. The fourth-order valence-electron chi connectivity index (χ4n) is 3.77. The molecule has 186 valence electrons. The summed E-state index contributed by atoms with van der Waals surface area (Å²) in [7, 11) is 1.62. The zero-order chi connectivity index (χ0) is 25.6. The van der Waals surface area contributed by atoms with Gasteiger partial charge in [0.15, 0.2) is 5.76 Å². The monoisotopic (exact) mass is 494 g/mol. The van der Waals surface area contributed by atoms with Gasteiger partial charge in [-0.05, 0) is 73.2 Å². The first-order valence-corrected chi connectivity index (χ1v) is 11.9. The normalized spacial score (nSPS) is 10.8. The molecule has 3 aromatic heterocycles. The molecule has 1 amide bonds. The number of hydrogen-bond acceptors (Lipinski definition) is 7. The number of nitrogens with one attached hydrogen (secondary N) is 2. The first-order chi connectivity index (χ1) is 18.1. The third-order valence-electron chi connectivity index (χ3n) is 5.67. The van der Waals surface area contributed by atoms with Crippen LogP contribution in [-0.2, 0) is 0 Å². The molecule has 9 nitrogen and oxygen atoms in total. The third-order valence-corrected chi connectivity index (χ3v) is 5.67. The van der Waals surface area contributed by atoms with Gasteiger partial charge in [0.2, 0.25) is 5.95 Å². The molecule has 2 N–H and O–H groups in total. The van der Waals surface area contributed by atoms with Crippen molar-refractivity contribution >= 4 is 17.5 Å². The van der Waals surface area contributed by atoms with Crippen LogP contribution in [0, 0.1) is 0 Å². The van der Waals surface area contributed by atoms with Gasteiger partial charge in [0.1, 0.15) is 23.2 Å². The van der Waals surface area contributed by atoms with E-state index < -0.39 is 0 Å². The van der Waals surface area contributed by atoms with E-state index in [1.54, 1.807) is 31.6 Å². The Morgan fingerprint density at radius 1 is 0.946 bits per heavy atom. The third kappa shape index (κ3) is 5.35. The molecular formula is C28H26N6O3. The maximum absolute atomic E-state index is 12.8. The van der Waals surface area contributed by atoms with Crippen molar-refractivity contribution in [3.63, 3.8) is 0 Å². The summed E-state index contributed by atoms with van der Waals surface area (Å²) in [6, 6.07) is 20.2. The van der Waals surface area contributed by atoms with Crippen molar-refractivity contribution < 1.29 is 13.9 Å². The molecule has 5 aromatic rings. The number of imidazole rings is 1. The van der Waals surface area contributed by atoms with Gasteiger partial charge in [0.05, 0.1) is 7.11 Å². The highest BCUT2D eigenvalue weighted by atomic mass is 16.5. The standard InChI is InChI=1S/C28H26N6O3/c1-3-15-30-28-31-16-14-25(33-28)34-18-17-29-26(34)20-4-8-21(9-5-20)32-27(35)24-13-12-23(37-24)19-6-10-22(36-2)11-7-19/h4-14,16-18H,3,15H2,1-2H3,(H,32,35)(H,30,31,33). The van der Waals surface area contributed by atoms with Crippen molar-refractivity contribution in [2.45, 2.75) is 13.3 Å². The lowest BCUT2D eigenvalue weighted by atomic mass is 10.2. The number of amides is 1. The Morgan fingerprint density at radius 2 is 1.73 bits per heavy atom. The van der Waals surface area contributed by atoms with Crippen molar-refractivity contribution in [1.82, 2.24) is 19.5 Å². The van der Waals surface area contributed by atoms with Crippen LogP contribution in [0.4, 0.5) is 11.6 Å². The summed E-state index contributed by atoms with van der Waals surface area (Å²) in [5.41, 5.74) is 2.38. The summed E-state index contributed by atoms with van der Waals surface area (Å²) in [5, 5.41) is 6.08. The molecule has 0 radical (unpaired) electrons. The number of hydrogen-bond donors (Lipinski definition) is 2. The number of methoxy groups -OCH3 is 1. The minimum atomic E-state index is -0.331. The number of nitrogens with zero attached hydrogens (tertiary/aromatic N) is 4. The van der Waals surface area contributed by atoms with E-state index >= 15 is 0 Å². The van der Waals surface area contributed by atoms with Crippen LogP contribution in [-0.4, -0.2) is 39.1 Å². The van der Waals surface area contributed by atoms with Crippen LogP contribution in [0.15, 0.2) is 89.7 Å². The van der Waals surface area contributed by atoms with Crippen LogP contribution in [0.5, 0.6) is 5.75 Å². The number of benzene rings is 2. The Balaban J connectivity index is 1.29. The Morgan fingerprint density at radius 3 is 2.49 bits per heavy atom. The lowest BCUT2D eigenvalue weighted by Gasteiger charge is -2.10. The molecule has 9 heteroatoms. The fraction of sp³-hybridized carbons (Fsp3) is 0.143. The molecule has 3 heterocycles. The van der Waals surface area contributed by atoms with Gasteiger partial charge in [-0.15, -0.1) is 0 Å². The van der Waals surface area contributed by atoms with Gasteiger partial charge in [-0.2, -0.15) is 4.98 Å². The molecule has 0 spiro atoms. The molecule has 0 aliphatic heterocycles. The Bertz CT molecular complexity index is 1490. The van der Waals surface area contributed by atoms with E-state index in [1.165, 1.54) is 0 Å². The van der Waals surface area contributed by atoms with Crippen LogP contribution in [0.3, 0.4) is 0 Å². The van der Waals surface area contributed by atoms with Crippen molar-refractivity contribution in [1.29, 1.82) is 0 Å². The molecule has 0 saturated carbocycles. The Hall–Kier alpha value is -4.92. The topological polar surface area (TPSA) is 107 Å². The van der Waals surface area contributed by atoms with Crippen LogP contribution in [0.25, 0.3) is 28.5 Å². The van der Waals surface area contributed by atoms with Gasteiger partial charge in [-0.25, -0.2) is 9.97 Å². The van der Waals surface area contributed by atoms with Gasteiger partial charge in [-0.3, -0.25) is 9.36 Å². The number of aromatic nitrogens is 4. The van der Waals surface area contributed by atoms with Gasteiger partial charge in [-0.1, -0.05) is 6.92 Å². The molecule has 2 aromatic carbocycles. The summed E-state index contributed by atoms with van der Waals surface area (Å²) in [6.45, 7) is 2.89. The smallest absolute Gasteiger partial charge is 0.291 e. The van der Waals surface area contributed by atoms with Crippen LogP contribution < -0.4 is 15.4 Å². The lowest BCUT2D eigenvalue weighted by Crippen LogP contribution is -2.10. The highest BCUT2D eigenvalue weighted by Gasteiger charge is 2.14. The average molecular weight is 495 g/mol. The maximum Gasteiger partial charge on any atom is 0.291 e. The SMILES string of the molecule is CCCNc1nccc(-n2ccnc2-c2ccc(NC(=O)c3ccc(-c4ccc(OC)cc4)o3)cc2)n1. The minimum Gasteiger partial charge on any atom is -0.497 e. The van der Waals surface area contributed by atoms with E-state index in [1.807, 2.05) is 65.4 Å². The zero-order valence-electron chi connectivity index (χ0n) is 20.5. The molecule has 0 unspecified atom stereocenters. The molecule has 0 atom stereocenters. The molecule has 5 rings (SSSR count). The van der Waals surface area contributed by atoms with E-state index in [9.17, 15) is 4.79 Å². The van der Waals surface area contributed by atoms with Crippen molar-refractivity contribution in [3.05, 3.63) is 91.1 Å². The van der Waals surface area contributed by atoms with E-state index in [4.69, 9.17) is 9.15 Å². The number of carbonyl (C=O) groups is 1. The molecule has 0 fully saturated rings. The second-order valence-electron chi connectivity index (χ2n) is 8.21. The highest BCUT2D eigenvalue weighted by molar-refractivity contribution is 6.02. The summed E-state index contributed by atoms with van der Waals surface area (Å²) >= 11 is 0. The zero-order valence-corrected chi connectivity index (χ0v) is 20.5. The van der Waals surface area contributed by atoms with E-state index in [0.717, 1.165) is 35.7 Å². The Labute approximate surface area is 214 Å².